The lowest BCUT2D eigenvalue weighted by Crippen LogP contribution is -2.47. The van der Waals surface area contributed by atoms with E-state index in [-0.39, 0.29) is 11.4 Å². The van der Waals surface area contributed by atoms with Gasteiger partial charge in [-0.25, -0.2) is 4.98 Å². The summed E-state index contributed by atoms with van der Waals surface area (Å²) in [5.74, 6) is 0.00301. The molecule has 1 aliphatic heterocycles. The van der Waals surface area contributed by atoms with Gasteiger partial charge in [-0.05, 0) is 45.6 Å². The summed E-state index contributed by atoms with van der Waals surface area (Å²) in [6.07, 6.45) is 6.15. The van der Waals surface area contributed by atoms with E-state index in [0.717, 1.165) is 25.8 Å². The fourth-order valence-corrected chi connectivity index (χ4v) is 3.56. The van der Waals surface area contributed by atoms with Crippen LogP contribution >= 0.6 is 0 Å². The van der Waals surface area contributed by atoms with Crippen molar-refractivity contribution in [2.24, 2.45) is 0 Å². The molecule has 1 amide bonds. The normalized spacial score (nSPS) is 20.7. The highest BCUT2D eigenvalue weighted by Gasteiger charge is 2.40. The molecule has 0 radical (unpaired) electrons. The molecular weight excluding hydrogens is 286 g/mol. The van der Waals surface area contributed by atoms with Crippen molar-refractivity contribution in [3.63, 3.8) is 0 Å². The van der Waals surface area contributed by atoms with Crippen LogP contribution in [0.4, 0.5) is 0 Å². The Kier molecular flexibility index (Phi) is 4.16. The third-order valence-corrected chi connectivity index (χ3v) is 4.75. The molecule has 3 rings (SSSR count). The molecule has 0 N–H and O–H groups in total. The minimum absolute atomic E-state index is 0.00301. The predicted molar refractivity (Wildman–Crippen MR) is 90.3 cm³/mol. The number of aryl methyl sites for hydroxylation is 2. The maximum absolute atomic E-state index is 13.0. The molecule has 4 heteroatoms. The van der Waals surface area contributed by atoms with Crippen molar-refractivity contribution in [2.75, 3.05) is 6.54 Å². The van der Waals surface area contributed by atoms with E-state index < -0.39 is 0 Å². The number of carbonyl (C=O) groups is 1. The lowest BCUT2D eigenvalue weighted by molar-refractivity contribution is 0.0617. The zero-order valence-corrected chi connectivity index (χ0v) is 14.0. The fourth-order valence-electron chi connectivity index (χ4n) is 3.56. The number of rotatable bonds is 3. The van der Waals surface area contributed by atoms with Gasteiger partial charge in [-0.2, -0.15) is 0 Å². The highest BCUT2D eigenvalue weighted by atomic mass is 16.2. The van der Waals surface area contributed by atoms with Crippen molar-refractivity contribution in [3.05, 3.63) is 59.2 Å². The Bertz CT molecular complexity index is 728. The average molecular weight is 309 g/mol. The summed E-state index contributed by atoms with van der Waals surface area (Å²) in [7, 11) is 0. The van der Waals surface area contributed by atoms with Crippen LogP contribution in [0.15, 0.2) is 36.7 Å². The Hall–Kier alpha value is -2.23. The van der Waals surface area contributed by atoms with E-state index in [4.69, 9.17) is 0 Å². The van der Waals surface area contributed by atoms with Crippen LogP contribution < -0.4 is 0 Å². The molecule has 1 saturated heterocycles. The van der Waals surface area contributed by atoms with Gasteiger partial charge in [-0.3, -0.25) is 9.78 Å². The molecule has 1 aromatic carbocycles. The highest BCUT2D eigenvalue weighted by molar-refractivity contribution is 5.94. The van der Waals surface area contributed by atoms with Crippen LogP contribution in [0.2, 0.25) is 0 Å². The monoisotopic (exact) mass is 309 g/mol. The number of carbonyl (C=O) groups excluding carboxylic acids is 1. The van der Waals surface area contributed by atoms with E-state index in [9.17, 15) is 4.79 Å². The maximum atomic E-state index is 13.0. The summed E-state index contributed by atoms with van der Waals surface area (Å²) in [6.45, 7) is 6.92. The molecule has 23 heavy (non-hydrogen) atoms. The second-order valence-corrected chi connectivity index (χ2v) is 6.71. The third kappa shape index (κ3) is 3.11. The maximum Gasteiger partial charge on any atom is 0.274 e. The minimum Gasteiger partial charge on any atom is -0.332 e. The molecule has 1 unspecified atom stereocenters. The lowest BCUT2D eigenvalue weighted by atomic mass is 9.89. The molecule has 4 nitrogen and oxygen atoms in total. The topological polar surface area (TPSA) is 46.1 Å². The van der Waals surface area contributed by atoms with Crippen LogP contribution in [0.3, 0.4) is 0 Å². The first kappa shape index (κ1) is 15.7. The largest absolute Gasteiger partial charge is 0.332 e. The van der Waals surface area contributed by atoms with E-state index >= 15 is 0 Å². The standard InChI is InChI=1S/C19H23N3O/c1-14-6-4-7-16(12-14)13-19(3)8-5-11-22(19)18(23)17-15(2)20-9-10-21-17/h4,6-7,9-10,12H,5,8,11,13H2,1-3H3. The quantitative estimate of drug-likeness (QED) is 0.873. The number of nitrogens with zero attached hydrogens (tertiary/aromatic N) is 3. The number of hydrogen-bond donors (Lipinski definition) is 0. The lowest BCUT2D eigenvalue weighted by Gasteiger charge is -2.35. The van der Waals surface area contributed by atoms with Crippen molar-refractivity contribution in [1.82, 2.24) is 14.9 Å². The first-order valence-electron chi connectivity index (χ1n) is 8.15. The van der Waals surface area contributed by atoms with E-state index in [0.29, 0.717) is 11.4 Å². The summed E-state index contributed by atoms with van der Waals surface area (Å²) in [6, 6.07) is 8.54. The molecule has 2 heterocycles. The van der Waals surface area contributed by atoms with Gasteiger partial charge in [0.15, 0.2) is 0 Å². The molecule has 120 valence electrons. The molecule has 1 aliphatic rings. The summed E-state index contributed by atoms with van der Waals surface area (Å²) < 4.78 is 0. The Morgan fingerprint density at radius 2 is 2.04 bits per heavy atom. The van der Waals surface area contributed by atoms with E-state index in [1.54, 1.807) is 12.4 Å². The highest BCUT2D eigenvalue weighted by Crippen LogP contribution is 2.33. The van der Waals surface area contributed by atoms with Gasteiger partial charge < -0.3 is 4.90 Å². The molecule has 0 aliphatic carbocycles. The van der Waals surface area contributed by atoms with Crippen molar-refractivity contribution in [2.45, 2.75) is 45.6 Å². The first-order chi connectivity index (χ1) is 11.0. The van der Waals surface area contributed by atoms with Crippen LogP contribution in [-0.4, -0.2) is 32.9 Å². The van der Waals surface area contributed by atoms with Gasteiger partial charge in [-0.15, -0.1) is 0 Å². The minimum atomic E-state index is -0.158. The van der Waals surface area contributed by atoms with Crippen molar-refractivity contribution in [3.8, 4) is 0 Å². The van der Waals surface area contributed by atoms with Crippen molar-refractivity contribution < 1.29 is 4.79 Å². The number of hydrogen-bond acceptors (Lipinski definition) is 3. The molecule has 1 atom stereocenters. The summed E-state index contributed by atoms with van der Waals surface area (Å²) in [5.41, 5.74) is 3.55. The van der Waals surface area contributed by atoms with Gasteiger partial charge in [0.1, 0.15) is 5.69 Å². The molecular formula is C19H23N3O. The van der Waals surface area contributed by atoms with Crippen LogP contribution in [0, 0.1) is 13.8 Å². The SMILES string of the molecule is Cc1cccc(CC2(C)CCCN2C(=O)c2nccnc2C)c1. The summed E-state index contributed by atoms with van der Waals surface area (Å²) in [4.78, 5) is 23.4. The molecule has 1 fully saturated rings. The van der Waals surface area contributed by atoms with Crippen LogP contribution in [-0.2, 0) is 6.42 Å². The van der Waals surface area contributed by atoms with Gasteiger partial charge in [-0.1, -0.05) is 29.8 Å². The Morgan fingerprint density at radius 1 is 1.26 bits per heavy atom. The van der Waals surface area contributed by atoms with Crippen molar-refractivity contribution >= 4 is 5.91 Å². The van der Waals surface area contributed by atoms with Gasteiger partial charge in [0, 0.05) is 24.5 Å². The second-order valence-electron chi connectivity index (χ2n) is 6.71. The van der Waals surface area contributed by atoms with Gasteiger partial charge in [0.25, 0.3) is 5.91 Å². The van der Waals surface area contributed by atoms with Crippen LogP contribution in [0.1, 0.15) is 47.1 Å². The number of benzene rings is 1. The predicted octanol–water partition coefficient (Wildman–Crippen LogP) is 3.33. The first-order valence-corrected chi connectivity index (χ1v) is 8.15. The summed E-state index contributed by atoms with van der Waals surface area (Å²) in [5, 5.41) is 0. The van der Waals surface area contributed by atoms with Crippen molar-refractivity contribution in [1.29, 1.82) is 0 Å². The Balaban J connectivity index is 1.87. The Labute approximate surface area is 137 Å². The average Bonchev–Trinajstić information content (AvgIpc) is 2.88. The van der Waals surface area contributed by atoms with Crippen LogP contribution in [0.5, 0.6) is 0 Å². The van der Waals surface area contributed by atoms with Crippen LogP contribution in [0.25, 0.3) is 0 Å². The fraction of sp³-hybridized carbons (Fsp3) is 0.421. The summed E-state index contributed by atoms with van der Waals surface area (Å²) >= 11 is 0. The van der Waals surface area contributed by atoms with Gasteiger partial charge in [0.05, 0.1) is 5.69 Å². The molecule has 0 bridgehead atoms. The molecule has 2 aromatic rings. The number of amides is 1. The van der Waals surface area contributed by atoms with Gasteiger partial charge >= 0.3 is 0 Å². The third-order valence-electron chi connectivity index (χ3n) is 4.75. The molecule has 0 spiro atoms. The Morgan fingerprint density at radius 3 is 2.78 bits per heavy atom. The van der Waals surface area contributed by atoms with E-state index in [1.165, 1.54) is 11.1 Å². The molecule has 1 aromatic heterocycles. The van der Waals surface area contributed by atoms with Gasteiger partial charge in [0.2, 0.25) is 0 Å². The smallest absolute Gasteiger partial charge is 0.274 e. The number of likely N-dealkylation sites (tertiary alicyclic amines) is 1. The zero-order chi connectivity index (χ0) is 16.4. The number of aromatic nitrogens is 2. The second kappa shape index (κ2) is 6.11. The van der Waals surface area contributed by atoms with E-state index in [1.807, 2.05) is 11.8 Å². The zero-order valence-electron chi connectivity index (χ0n) is 14.0. The molecule has 0 saturated carbocycles. The van der Waals surface area contributed by atoms with E-state index in [2.05, 4.69) is 48.1 Å².